The molecule has 0 aliphatic heterocycles. The Kier molecular flexibility index (Phi) is 5.75. The standard InChI is InChI=1S/C13H23N3OS/c1-5-10(6-2)9(4)15-12(17)11-7-18-13(16-11)8(3)14/h7-10H,5-6,14H2,1-4H3,(H,15,17). The highest BCUT2D eigenvalue weighted by Crippen LogP contribution is 2.17. The Morgan fingerprint density at radius 2 is 2.06 bits per heavy atom. The lowest BCUT2D eigenvalue weighted by atomic mass is 9.95. The minimum atomic E-state index is -0.118. The smallest absolute Gasteiger partial charge is 0.270 e. The van der Waals surface area contributed by atoms with Gasteiger partial charge in [0.05, 0.1) is 6.04 Å². The summed E-state index contributed by atoms with van der Waals surface area (Å²) in [5, 5.41) is 5.59. The summed E-state index contributed by atoms with van der Waals surface area (Å²) in [6.45, 7) is 8.21. The zero-order chi connectivity index (χ0) is 13.7. The van der Waals surface area contributed by atoms with Crippen molar-refractivity contribution in [1.82, 2.24) is 10.3 Å². The molecule has 0 fully saturated rings. The van der Waals surface area contributed by atoms with Gasteiger partial charge < -0.3 is 11.1 Å². The number of nitrogens with one attached hydrogen (secondary N) is 1. The molecule has 3 N–H and O–H groups in total. The number of carbonyl (C=O) groups excluding carboxylic acids is 1. The van der Waals surface area contributed by atoms with Crippen LogP contribution in [0.4, 0.5) is 0 Å². The van der Waals surface area contributed by atoms with Crippen LogP contribution in [0, 0.1) is 5.92 Å². The second-order valence-corrected chi connectivity index (χ2v) is 5.59. The minimum absolute atomic E-state index is 0.0995. The van der Waals surface area contributed by atoms with E-state index < -0.39 is 0 Å². The molecule has 0 radical (unpaired) electrons. The molecule has 0 bridgehead atoms. The summed E-state index contributed by atoms with van der Waals surface area (Å²) in [5.74, 6) is 0.415. The van der Waals surface area contributed by atoms with Crippen LogP contribution in [0.3, 0.4) is 0 Å². The highest BCUT2D eigenvalue weighted by Gasteiger charge is 2.18. The lowest BCUT2D eigenvalue weighted by molar-refractivity contribution is 0.0920. The number of carbonyl (C=O) groups is 1. The second kappa shape index (κ2) is 6.85. The van der Waals surface area contributed by atoms with Gasteiger partial charge >= 0.3 is 0 Å². The SMILES string of the molecule is CCC(CC)C(C)NC(=O)c1csc(C(C)N)n1. The van der Waals surface area contributed by atoms with Crippen LogP contribution in [-0.4, -0.2) is 16.9 Å². The van der Waals surface area contributed by atoms with Crippen LogP contribution in [-0.2, 0) is 0 Å². The molecule has 1 aromatic heterocycles. The predicted octanol–water partition coefficient (Wildman–Crippen LogP) is 2.72. The summed E-state index contributed by atoms with van der Waals surface area (Å²) >= 11 is 1.44. The Morgan fingerprint density at radius 3 is 2.50 bits per heavy atom. The average molecular weight is 269 g/mol. The lowest BCUT2D eigenvalue weighted by Crippen LogP contribution is -2.37. The molecule has 0 saturated heterocycles. The van der Waals surface area contributed by atoms with Gasteiger partial charge in [0.15, 0.2) is 0 Å². The second-order valence-electron chi connectivity index (χ2n) is 4.70. The number of hydrogen-bond donors (Lipinski definition) is 2. The van der Waals surface area contributed by atoms with E-state index in [0.29, 0.717) is 11.6 Å². The first-order chi connectivity index (χ1) is 8.49. The normalized spacial score (nSPS) is 14.6. The van der Waals surface area contributed by atoms with Gasteiger partial charge in [-0.15, -0.1) is 11.3 Å². The van der Waals surface area contributed by atoms with Crippen molar-refractivity contribution in [2.75, 3.05) is 0 Å². The number of nitrogens with two attached hydrogens (primary N) is 1. The van der Waals surface area contributed by atoms with Crippen molar-refractivity contribution in [2.45, 2.75) is 52.6 Å². The Labute approximate surface area is 113 Å². The van der Waals surface area contributed by atoms with Gasteiger partial charge in [0.25, 0.3) is 5.91 Å². The highest BCUT2D eigenvalue weighted by molar-refractivity contribution is 7.09. The number of amides is 1. The molecule has 2 unspecified atom stereocenters. The molecule has 18 heavy (non-hydrogen) atoms. The Hall–Kier alpha value is -0.940. The van der Waals surface area contributed by atoms with E-state index in [9.17, 15) is 4.79 Å². The van der Waals surface area contributed by atoms with Crippen molar-refractivity contribution in [2.24, 2.45) is 11.7 Å². The van der Waals surface area contributed by atoms with Gasteiger partial charge in [0.2, 0.25) is 0 Å². The van der Waals surface area contributed by atoms with Crippen molar-refractivity contribution in [3.8, 4) is 0 Å². The summed E-state index contributed by atoms with van der Waals surface area (Å²) in [4.78, 5) is 16.3. The van der Waals surface area contributed by atoms with Crippen LogP contribution in [0.2, 0.25) is 0 Å². The Bertz CT molecular complexity index is 385. The zero-order valence-corrected chi connectivity index (χ0v) is 12.4. The van der Waals surface area contributed by atoms with Crippen molar-refractivity contribution in [3.05, 3.63) is 16.1 Å². The van der Waals surface area contributed by atoms with E-state index >= 15 is 0 Å². The van der Waals surface area contributed by atoms with Crippen LogP contribution < -0.4 is 11.1 Å². The molecule has 2 atom stereocenters. The Balaban J connectivity index is 2.64. The molecule has 1 aromatic rings. The molecule has 1 amide bonds. The molecule has 0 aromatic carbocycles. The van der Waals surface area contributed by atoms with Gasteiger partial charge in [-0.1, -0.05) is 26.7 Å². The predicted molar refractivity (Wildman–Crippen MR) is 75.7 cm³/mol. The van der Waals surface area contributed by atoms with Gasteiger partial charge in [0.1, 0.15) is 10.7 Å². The van der Waals surface area contributed by atoms with Gasteiger partial charge in [0, 0.05) is 11.4 Å². The number of rotatable bonds is 6. The first-order valence-corrected chi connectivity index (χ1v) is 7.39. The topological polar surface area (TPSA) is 68.0 Å². The Morgan fingerprint density at radius 1 is 1.44 bits per heavy atom. The van der Waals surface area contributed by atoms with Gasteiger partial charge in [-0.2, -0.15) is 0 Å². The molecule has 102 valence electrons. The third-order valence-electron chi connectivity index (χ3n) is 3.26. The van der Waals surface area contributed by atoms with Crippen LogP contribution in [0.1, 0.15) is 62.1 Å². The molecule has 1 rings (SSSR count). The first-order valence-electron chi connectivity index (χ1n) is 6.51. The maximum atomic E-state index is 12.0. The molecule has 0 saturated carbocycles. The van der Waals surface area contributed by atoms with Crippen molar-refractivity contribution < 1.29 is 4.79 Å². The zero-order valence-electron chi connectivity index (χ0n) is 11.6. The molecule has 5 heteroatoms. The van der Waals surface area contributed by atoms with E-state index in [-0.39, 0.29) is 18.0 Å². The van der Waals surface area contributed by atoms with Crippen molar-refractivity contribution in [3.63, 3.8) is 0 Å². The van der Waals surface area contributed by atoms with Crippen molar-refractivity contribution >= 4 is 17.2 Å². The molecule has 0 spiro atoms. The molecule has 0 aliphatic rings. The summed E-state index contributed by atoms with van der Waals surface area (Å²) < 4.78 is 0. The third-order valence-corrected chi connectivity index (χ3v) is 4.30. The van der Waals surface area contributed by atoms with Gasteiger partial charge in [-0.25, -0.2) is 4.98 Å². The van der Waals surface area contributed by atoms with E-state index in [1.54, 1.807) is 5.38 Å². The summed E-state index contributed by atoms with van der Waals surface area (Å²) in [6.07, 6.45) is 2.14. The maximum absolute atomic E-state index is 12.0. The lowest BCUT2D eigenvalue weighted by Gasteiger charge is -2.21. The quantitative estimate of drug-likeness (QED) is 0.834. The van der Waals surface area contributed by atoms with E-state index in [0.717, 1.165) is 17.8 Å². The fourth-order valence-electron chi connectivity index (χ4n) is 2.00. The van der Waals surface area contributed by atoms with Crippen LogP contribution >= 0.6 is 11.3 Å². The fourth-order valence-corrected chi connectivity index (χ4v) is 2.75. The molecule has 0 aliphatic carbocycles. The molecule has 4 nitrogen and oxygen atoms in total. The number of thiazole rings is 1. The summed E-state index contributed by atoms with van der Waals surface area (Å²) in [7, 11) is 0. The molecular weight excluding hydrogens is 246 g/mol. The number of nitrogens with zero attached hydrogens (tertiary/aromatic N) is 1. The first kappa shape index (κ1) is 15.1. The van der Waals surface area contributed by atoms with Crippen LogP contribution in [0.5, 0.6) is 0 Å². The maximum Gasteiger partial charge on any atom is 0.270 e. The van der Waals surface area contributed by atoms with Crippen LogP contribution in [0.25, 0.3) is 0 Å². The van der Waals surface area contributed by atoms with E-state index in [2.05, 4.69) is 31.1 Å². The largest absolute Gasteiger partial charge is 0.348 e. The van der Waals surface area contributed by atoms with Crippen molar-refractivity contribution in [1.29, 1.82) is 0 Å². The van der Waals surface area contributed by atoms with Gasteiger partial charge in [-0.05, 0) is 19.8 Å². The monoisotopic (exact) mass is 269 g/mol. The summed E-state index contributed by atoms with van der Waals surface area (Å²) in [6, 6.07) is 0.0564. The molecule has 1 heterocycles. The number of hydrogen-bond acceptors (Lipinski definition) is 4. The van der Waals surface area contributed by atoms with Crippen LogP contribution in [0.15, 0.2) is 5.38 Å². The van der Waals surface area contributed by atoms with Gasteiger partial charge in [-0.3, -0.25) is 4.79 Å². The average Bonchev–Trinajstić information content (AvgIpc) is 2.79. The summed E-state index contributed by atoms with van der Waals surface area (Å²) in [5.41, 5.74) is 6.21. The fraction of sp³-hybridized carbons (Fsp3) is 0.692. The highest BCUT2D eigenvalue weighted by atomic mass is 32.1. The minimum Gasteiger partial charge on any atom is -0.348 e. The molecular formula is C13H23N3OS. The number of aromatic nitrogens is 1. The van der Waals surface area contributed by atoms with E-state index in [1.807, 2.05) is 6.92 Å². The third kappa shape index (κ3) is 3.78. The van der Waals surface area contributed by atoms with E-state index in [4.69, 9.17) is 5.73 Å². The van der Waals surface area contributed by atoms with E-state index in [1.165, 1.54) is 11.3 Å².